The Balaban J connectivity index is 1.68. The molecular formula is C15H22N2O3S. The average molecular weight is 310 g/mol. The van der Waals surface area contributed by atoms with Gasteiger partial charge in [0.2, 0.25) is 0 Å². The first-order chi connectivity index (χ1) is 9.96. The lowest BCUT2D eigenvalue weighted by Crippen LogP contribution is -2.47. The van der Waals surface area contributed by atoms with Crippen LogP contribution in [0.5, 0.6) is 0 Å². The van der Waals surface area contributed by atoms with Crippen LogP contribution >= 0.6 is 0 Å². The Morgan fingerprint density at radius 2 is 1.95 bits per heavy atom. The zero-order valence-corrected chi connectivity index (χ0v) is 13.1. The van der Waals surface area contributed by atoms with Crippen molar-refractivity contribution in [2.24, 2.45) is 5.92 Å². The molecule has 1 N–H and O–H groups in total. The fraction of sp³-hybridized carbons (Fsp3) is 0.600. The first-order valence-corrected chi connectivity index (χ1v) is 8.83. The molecule has 0 aromatic heterocycles. The van der Waals surface area contributed by atoms with Crippen molar-refractivity contribution in [2.75, 3.05) is 20.1 Å². The van der Waals surface area contributed by atoms with Crippen molar-refractivity contribution in [2.45, 2.75) is 31.9 Å². The Labute approximate surface area is 126 Å². The zero-order chi connectivity index (χ0) is 15.0. The molecule has 116 valence electrons. The van der Waals surface area contributed by atoms with E-state index < -0.39 is 10.2 Å². The Morgan fingerprint density at radius 3 is 2.62 bits per heavy atom. The van der Waals surface area contributed by atoms with Crippen molar-refractivity contribution >= 4 is 10.2 Å². The molecule has 2 aliphatic rings. The number of fused-ring (bicyclic) bond motifs is 1. The molecular weight excluding hydrogens is 288 g/mol. The van der Waals surface area contributed by atoms with Crippen LogP contribution < -0.4 is 0 Å². The minimum Gasteiger partial charge on any atom is -0.393 e. The van der Waals surface area contributed by atoms with Crippen LogP contribution in [0.2, 0.25) is 0 Å². The number of hydrogen-bond acceptors (Lipinski definition) is 3. The standard InChI is InChI=1S/C15H22N2O3S/c1-16(10-12-8-15(18)9-12)21(19,20)17-7-6-13-4-2-3-5-14(13)11-17/h2-5,12,15,18H,6-11H2,1H3. The molecule has 1 aromatic carbocycles. The quantitative estimate of drug-likeness (QED) is 0.902. The molecule has 6 heteroatoms. The van der Waals surface area contributed by atoms with E-state index in [0.717, 1.165) is 12.0 Å². The van der Waals surface area contributed by atoms with Gasteiger partial charge in [-0.25, -0.2) is 0 Å². The van der Waals surface area contributed by atoms with Gasteiger partial charge in [-0.1, -0.05) is 24.3 Å². The maximum Gasteiger partial charge on any atom is 0.282 e. The first kappa shape index (κ1) is 15.0. The van der Waals surface area contributed by atoms with E-state index in [9.17, 15) is 13.5 Å². The van der Waals surface area contributed by atoms with Gasteiger partial charge in [-0.3, -0.25) is 0 Å². The minimum atomic E-state index is -3.41. The van der Waals surface area contributed by atoms with Crippen LogP contribution in [0, 0.1) is 5.92 Å². The molecule has 0 spiro atoms. The molecule has 21 heavy (non-hydrogen) atoms. The second-order valence-electron chi connectivity index (χ2n) is 6.13. The van der Waals surface area contributed by atoms with Gasteiger partial charge in [0.25, 0.3) is 10.2 Å². The molecule has 1 aliphatic carbocycles. The van der Waals surface area contributed by atoms with E-state index in [0.29, 0.717) is 32.5 Å². The lowest BCUT2D eigenvalue weighted by molar-refractivity contribution is 0.0361. The maximum atomic E-state index is 12.6. The zero-order valence-electron chi connectivity index (χ0n) is 12.3. The molecule has 0 saturated heterocycles. The fourth-order valence-electron chi connectivity index (χ4n) is 3.17. The van der Waals surface area contributed by atoms with Gasteiger partial charge >= 0.3 is 0 Å². The topological polar surface area (TPSA) is 60.9 Å². The van der Waals surface area contributed by atoms with Crippen LogP contribution in [0.25, 0.3) is 0 Å². The number of hydrogen-bond donors (Lipinski definition) is 1. The molecule has 1 saturated carbocycles. The number of rotatable bonds is 4. The van der Waals surface area contributed by atoms with E-state index in [2.05, 4.69) is 6.07 Å². The van der Waals surface area contributed by atoms with Gasteiger partial charge in [0.15, 0.2) is 0 Å². The summed E-state index contributed by atoms with van der Waals surface area (Å²) in [5, 5.41) is 9.31. The van der Waals surface area contributed by atoms with E-state index in [1.165, 1.54) is 9.87 Å². The SMILES string of the molecule is CN(CC1CC(O)C1)S(=O)(=O)N1CCc2ccccc2C1. The molecule has 0 atom stereocenters. The van der Waals surface area contributed by atoms with Crippen LogP contribution in [-0.2, 0) is 23.2 Å². The van der Waals surface area contributed by atoms with E-state index in [-0.39, 0.29) is 12.0 Å². The third-order valence-electron chi connectivity index (χ3n) is 4.54. The molecule has 1 fully saturated rings. The predicted molar refractivity (Wildman–Crippen MR) is 80.8 cm³/mol. The molecule has 1 aromatic rings. The fourth-order valence-corrected chi connectivity index (χ4v) is 4.59. The highest BCUT2D eigenvalue weighted by Gasteiger charge is 2.34. The summed E-state index contributed by atoms with van der Waals surface area (Å²) >= 11 is 0. The van der Waals surface area contributed by atoms with Crippen molar-refractivity contribution in [1.29, 1.82) is 0 Å². The Hall–Kier alpha value is -0.950. The Kier molecular flexibility index (Phi) is 4.05. The van der Waals surface area contributed by atoms with E-state index in [1.54, 1.807) is 11.4 Å². The third kappa shape index (κ3) is 2.99. The largest absolute Gasteiger partial charge is 0.393 e. The van der Waals surface area contributed by atoms with E-state index in [1.807, 2.05) is 18.2 Å². The normalized spacial score (nSPS) is 26.4. The van der Waals surface area contributed by atoms with Crippen LogP contribution in [0.1, 0.15) is 24.0 Å². The van der Waals surface area contributed by atoms with Crippen molar-refractivity contribution in [3.63, 3.8) is 0 Å². The van der Waals surface area contributed by atoms with E-state index in [4.69, 9.17) is 0 Å². The monoisotopic (exact) mass is 310 g/mol. The summed E-state index contributed by atoms with van der Waals surface area (Å²) in [4.78, 5) is 0. The number of benzene rings is 1. The maximum absolute atomic E-state index is 12.6. The van der Waals surface area contributed by atoms with Gasteiger partial charge in [0.1, 0.15) is 0 Å². The summed E-state index contributed by atoms with van der Waals surface area (Å²) in [6, 6.07) is 8.02. The number of nitrogens with zero attached hydrogens (tertiary/aromatic N) is 2. The summed E-state index contributed by atoms with van der Waals surface area (Å²) in [6.45, 7) is 1.49. The highest BCUT2D eigenvalue weighted by Crippen LogP contribution is 2.29. The molecule has 3 rings (SSSR count). The summed E-state index contributed by atoms with van der Waals surface area (Å²) < 4.78 is 28.3. The second-order valence-corrected chi connectivity index (χ2v) is 8.17. The number of aliphatic hydroxyl groups is 1. The van der Waals surface area contributed by atoms with Gasteiger partial charge in [-0.05, 0) is 36.3 Å². The average Bonchev–Trinajstić information content (AvgIpc) is 2.45. The summed E-state index contributed by atoms with van der Waals surface area (Å²) in [6.07, 6.45) is 1.95. The molecule has 1 aliphatic heterocycles. The summed E-state index contributed by atoms with van der Waals surface area (Å²) in [5.74, 6) is 0.289. The smallest absolute Gasteiger partial charge is 0.282 e. The second kappa shape index (κ2) is 5.68. The highest BCUT2D eigenvalue weighted by atomic mass is 32.2. The van der Waals surface area contributed by atoms with E-state index >= 15 is 0 Å². The third-order valence-corrected chi connectivity index (χ3v) is 6.44. The van der Waals surface area contributed by atoms with Gasteiger partial charge in [-0.15, -0.1) is 0 Å². The Bertz CT molecular complexity index is 611. The molecule has 5 nitrogen and oxygen atoms in total. The lowest BCUT2D eigenvalue weighted by Gasteiger charge is -2.36. The van der Waals surface area contributed by atoms with Gasteiger partial charge < -0.3 is 5.11 Å². The van der Waals surface area contributed by atoms with Gasteiger partial charge in [-0.2, -0.15) is 17.0 Å². The molecule has 0 radical (unpaired) electrons. The lowest BCUT2D eigenvalue weighted by atomic mass is 9.82. The van der Waals surface area contributed by atoms with Crippen LogP contribution in [-0.4, -0.2) is 48.4 Å². The first-order valence-electron chi connectivity index (χ1n) is 7.43. The highest BCUT2D eigenvalue weighted by molar-refractivity contribution is 7.86. The van der Waals surface area contributed by atoms with Crippen molar-refractivity contribution < 1.29 is 13.5 Å². The van der Waals surface area contributed by atoms with Gasteiger partial charge in [0, 0.05) is 26.7 Å². The predicted octanol–water partition coefficient (Wildman–Crippen LogP) is 0.992. The van der Waals surface area contributed by atoms with Crippen LogP contribution in [0.15, 0.2) is 24.3 Å². The number of aliphatic hydroxyl groups excluding tert-OH is 1. The van der Waals surface area contributed by atoms with Crippen molar-refractivity contribution in [3.8, 4) is 0 Å². The van der Waals surface area contributed by atoms with Crippen molar-refractivity contribution in [3.05, 3.63) is 35.4 Å². The molecule has 0 unspecified atom stereocenters. The summed E-state index contributed by atoms with van der Waals surface area (Å²) in [7, 11) is -1.77. The minimum absolute atomic E-state index is 0.243. The molecule has 0 bridgehead atoms. The van der Waals surface area contributed by atoms with Crippen LogP contribution in [0.4, 0.5) is 0 Å². The Morgan fingerprint density at radius 1 is 1.29 bits per heavy atom. The van der Waals surface area contributed by atoms with Crippen LogP contribution in [0.3, 0.4) is 0 Å². The van der Waals surface area contributed by atoms with Crippen molar-refractivity contribution in [1.82, 2.24) is 8.61 Å². The van der Waals surface area contributed by atoms with Gasteiger partial charge in [0.05, 0.1) is 6.10 Å². The molecule has 1 heterocycles. The molecule has 0 amide bonds. The summed E-state index contributed by atoms with van der Waals surface area (Å²) in [5.41, 5.74) is 2.34.